The third kappa shape index (κ3) is 2.53. The average Bonchev–Trinajstić information content (AvgIpc) is 2.10. The Hall–Kier alpha value is -0.930. The molecular weight excluding hydrogens is 202 g/mol. The van der Waals surface area contributed by atoms with Crippen molar-refractivity contribution in [1.82, 2.24) is 0 Å². The Kier molecular flexibility index (Phi) is 3.61. The van der Waals surface area contributed by atoms with Crippen LogP contribution < -0.4 is 10.5 Å². The van der Waals surface area contributed by atoms with Gasteiger partial charge in [0.05, 0.1) is 7.11 Å². The normalized spacial score (nSPS) is 12.6. The lowest BCUT2D eigenvalue weighted by Crippen LogP contribution is -2.17. The molecule has 1 atom stereocenters. The molecule has 1 aromatic carbocycles. The van der Waals surface area contributed by atoms with Crippen molar-refractivity contribution in [3.05, 3.63) is 22.7 Å². The van der Waals surface area contributed by atoms with Crippen molar-refractivity contribution >= 4 is 11.6 Å². The van der Waals surface area contributed by atoms with Gasteiger partial charge in [-0.2, -0.15) is 0 Å². The van der Waals surface area contributed by atoms with E-state index >= 15 is 0 Å². The lowest BCUT2D eigenvalue weighted by Gasteiger charge is -2.10. The summed E-state index contributed by atoms with van der Waals surface area (Å²) in [4.78, 5) is 0. The van der Waals surface area contributed by atoms with E-state index in [0.29, 0.717) is 17.2 Å². The smallest absolute Gasteiger partial charge is 0.161 e. The number of halogens is 1. The average molecular weight is 216 g/mol. The van der Waals surface area contributed by atoms with Gasteiger partial charge in [0.15, 0.2) is 11.5 Å². The minimum Gasteiger partial charge on any atom is -0.504 e. The third-order valence-corrected chi connectivity index (χ3v) is 2.24. The van der Waals surface area contributed by atoms with E-state index in [4.69, 9.17) is 22.1 Å². The van der Waals surface area contributed by atoms with E-state index in [0.717, 1.165) is 5.56 Å². The van der Waals surface area contributed by atoms with Crippen LogP contribution in [0.1, 0.15) is 12.5 Å². The van der Waals surface area contributed by atoms with Gasteiger partial charge in [0.25, 0.3) is 0 Å². The Morgan fingerprint density at radius 2 is 2.21 bits per heavy atom. The van der Waals surface area contributed by atoms with Crippen LogP contribution in [-0.4, -0.2) is 18.3 Å². The van der Waals surface area contributed by atoms with Crippen molar-refractivity contribution in [1.29, 1.82) is 0 Å². The second-order valence-electron chi connectivity index (χ2n) is 3.30. The second kappa shape index (κ2) is 4.53. The molecule has 0 spiro atoms. The number of nitrogens with two attached hydrogens (primary N) is 1. The van der Waals surface area contributed by atoms with Crippen molar-refractivity contribution in [2.45, 2.75) is 19.4 Å². The topological polar surface area (TPSA) is 55.5 Å². The largest absolute Gasteiger partial charge is 0.504 e. The molecule has 1 unspecified atom stereocenters. The lowest BCUT2D eigenvalue weighted by molar-refractivity contribution is 0.373. The Labute approximate surface area is 88.4 Å². The first-order valence-corrected chi connectivity index (χ1v) is 4.73. The Morgan fingerprint density at radius 3 is 2.71 bits per heavy atom. The van der Waals surface area contributed by atoms with Crippen LogP contribution in [0.5, 0.6) is 11.5 Å². The van der Waals surface area contributed by atoms with Gasteiger partial charge in [0.2, 0.25) is 0 Å². The number of hydrogen-bond acceptors (Lipinski definition) is 3. The van der Waals surface area contributed by atoms with Crippen LogP contribution in [0.3, 0.4) is 0 Å². The van der Waals surface area contributed by atoms with Gasteiger partial charge in [-0.15, -0.1) is 0 Å². The van der Waals surface area contributed by atoms with Crippen LogP contribution in [0.15, 0.2) is 12.1 Å². The molecule has 1 rings (SSSR count). The number of rotatable bonds is 3. The molecule has 78 valence electrons. The fourth-order valence-electron chi connectivity index (χ4n) is 1.25. The van der Waals surface area contributed by atoms with E-state index in [1.54, 1.807) is 12.1 Å². The monoisotopic (exact) mass is 215 g/mol. The molecule has 0 heterocycles. The van der Waals surface area contributed by atoms with E-state index in [-0.39, 0.29) is 11.8 Å². The summed E-state index contributed by atoms with van der Waals surface area (Å²) in [6.45, 7) is 1.89. The lowest BCUT2D eigenvalue weighted by atomic mass is 10.1. The van der Waals surface area contributed by atoms with Crippen molar-refractivity contribution in [3.63, 3.8) is 0 Å². The fourth-order valence-corrected chi connectivity index (χ4v) is 1.48. The number of benzene rings is 1. The summed E-state index contributed by atoms with van der Waals surface area (Å²) in [5, 5.41) is 10.1. The SMILES string of the molecule is COc1cc(Cl)c(CC(C)N)cc1O. The van der Waals surface area contributed by atoms with E-state index in [1.165, 1.54) is 7.11 Å². The van der Waals surface area contributed by atoms with E-state index in [9.17, 15) is 5.11 Å². The van der Waals surface area contributed by atoms with Gasteiger partial charge >= 0.3 is 0 Å². The number of phenolic OH excluding ortho intramolecular Hbond substituents is 1. The van der Waals surface area contributed by atoms with Crippen LogP contribution in [0.2, 0.25) is 5.02 Å². The first-order chi connectivity index (χ1) is 6.54. The molecule has 0 saturated carbocycles. The van der Waals surface area contributed by atoms with Crippen LogP contribution >= 0.6 is 11.6 Å². The first-order valence-electron chi connectivity index (χ1n) is 4.35. The predicted molar refractivity (Wildman–Crippen MR) is 57.0 cm³/mol. The fraction of sp³-hybridized carbons (Fsp3) is 0.400. The quantitative estimate of drug-likeness (QED) is 0.810. The molecule has 0 aliphatic heterocycles. The van der Waals surface area contributed by atoms with Crippen LogP contribution in [0.4, 0.5) is 0 Å². The highest BCUT2D eigenvalue weighted by Crippen LogP contribution is 2.32. The summed E-state index contributed by atoms with van der Waals surface area (Å²) in [5.41, 5.74) is 6.48. The highest BCUT2D eigenvalue weighted by molar-refractivity contribution is 6.31. The van der Waals surface area contributed by atoms with Crippen LogP contribution in [-0.2, 0) is 6.42 Å². The van der Waals surface area contributed by atoms with E-state index in [2.05, 4.69) is 0 Å². The summed E-state index contributed by atoms with van der Waals surface area (Å²) in [6.07, 6.45) is 0.635. The van der Waals surface area contributed by atoms with Gasteiger partial charge in [-0.25, -0.2) is 0 Å². The molecule has 0 fully saturated rings. The standard InChI is InChI=1S/C10H14ClNO2/c1-6(12)3-7-4-9(13)10(14-2)5-8(7)11/h4-6,13H,3,12H2,1-2H3. The molecule has 1 aromatic rings. The predicted octanol–water partition coefficient (Wildman–Crippen LogP) is 1.94. The van der Waals surface area contributed by atoms with Crippen molar-refractivity contribution in [3.8, 4) is 11.5 Å². The molecule has 14 heavy (non-hydrogen) atoms. The van der Waals surface area contributed by atoms with Crippen molar-refractivity contribution in [2.75, 3.05) is 7.11 Å². The zero-order valence-corrected chi connectivity index (χ0v) is 9.01. The number of ether oxygens (including phenoxy) is 1. The van der Waals surface area contributed by atoms with Gasteiger partial charge in [0, 0.05) is 17.1 Å². The van der Waals surface area contributed by atoms with Gasteiger partial charge in [-0.3, -0.25) is 0 Å². The Balaban J connectivity index is 3.02. The molecule has 0 aliphatic rings. The molecular formula is C10H14ClNO2. The minimum atomic E-state index is 0.0142. The maximum Gasteiger partial charge on any atom is 0.161 e. The number of aromatic hydroxyl groups is 1. The summed E-state index contributed by atoms with van der Waals surface area (Å²) in [6, 6.07) is 3.19. The molecule has 3 N–H and O–H groups in total. The maximum atomic E-state index is 9.50. The van der Waals surface area contributed by atoms with Gasteiger partial charge in [-0.1, -0.05) is 11.6 Å². The Bertz CT molecular complexity index is 326. The zero-order chi connectivity index (χ0) is 10.7. The molecule has 0 aromatic heterocycles. The summed E-state index contributed by atoms with van der Waals surface area (Å²) < 4.78 is 4.92. The van der Waals surface area contributed by atoms with Crippen molar-refractivity contribution in [2.24, 2.45) is 5.73 Å². The Morgan fingerprint density at radius 1 is 1.57 bits per heavy atom. The minimum absolute atomic E-state index is 0.0142. The molecule has 0 aliphatic carbocycles. The van der Waals surface area contributed by atoms with Crippen LogP contribution in [0.25, 0.3) is 0 Å². The van der Waals surface area contributed by atoms with E-state index < -0.39 is 0 Å². The third-order valence-electron chi connectivity index (χ3n) is 1.89. The van der Waals surface area contributed by atoms with Gasteiger partial charge in [0.1, 0.15) is 0 Å². The zero-order valence-electron chi connectivity index (χ0n) is 8.25. The molecule has 0 radical (unpaired) electrons. The first kappa shape index (κ1) is 11.1. The molecule has 0 amide bonds. The maximum absolute atomic E-state index is 9.50. The number of phenols is 1. The molecule has 4 heteroatoms. The number of methoxy groups -OCH3 is 1. The highest BCUT2D eigenvalue weighted by atomic mass is 35.5. The van der Waals surface area contributed by atoms with Gasteiger partial charge in [-0.05, 0) is 25.0 Å². The number of hydrogen-bond donors (Lipinski definition) is 2. The highest BCUT2D eigenvalue weighted by Gasteiger charge is 2.09. The van der Waals surface area contributed by atoms with E-state index in [1.807, 2.05) is 6.92 Å². The summed E-state index contributed by atoms with van der Waals surface area (Å²) in [5.74, 6) is 0.468. The second-order valence-corrected chi connectivity index (χ2v) is 3.70. The molecule has 0 bridgehead atoms. The molecule has 0 saturated heterocycles. The van der Waals surface area contributed by atoms with Crippen molar-refractivity contribution < 1.29 is 9.84 Å². The summed E-state index contributed by atoms with van der Waals surface area (Å²) in [7, 11) is 1.48. The molecule has 3 nitrogen and oxygen atoms in total. The summed E-state index contributed by atoms with van der Waals surface area (Å²) >= 11 is 5.98. The van der Waals surface area contributed by atoms with Crippen LogP contribution in [0, 0.1) is 0 Å². The van der Waals surface area contributed by atoms with Gasteiger partial charge < -0.3 is 15.6 Å².